The van der Waals surface area contributed by atoms with E-state index in [0.29, 0.717) is 5.03 Å². The van der Waals surface area contributed by atoms with Crippen molar-refractivity contribution in [3.63, 3.8) is 0 Å². The summed E-state index contributed by atoms with van der Waals surface area (Å²) < 4.78 is 0. The molecule has 4 aliphatic heterocycles. The van der Waals surface area contributed by atoms with Crippen molar-refractivity contribution in [3.8, 4) is 0 Å². The van der Waals surface area contributed by atoms with Crippen molar-refractivity contribution < 1.29 is 5.11 Å². The maximum Gasteiger partial charge on any atom is 0.0925 e. The Hall–Kier alpha value is -3.44. The van der Waals surface area contributed by atoms with Crippen LogP contribution in [0.3, 0.4) is 0 Å². The van der Waals surface area contributed by atoms with Crippen molar-refractivity contribution in [3.05, 3.63) is 90.4 Å². The minimum Gasteiger partial charge on any atom is -0.515 e. The average molecular weight is 597 g/mol. The lowest BCUT2D eigenvalue weighted by Gasteiger charge is -2.11. The van der Waals surface area contributed by atoms with Gasteiger partial charge in [-0.05, 0) is 108 Å². The summed E-state index contributed by atoms with van der Waals surface area (Å²) in [6, 6.07) is 0. The molecule has 0 amide bonds. The van der Waals surface area contributed by atoms with Gasteiger partial charge in [0.2, 0.25) is 0 Å². The lowest BCUT2D eigenvalue weighted by Crippen LogP contribution is -2.07. The molecule has 1 aromatic rings. The van der Waals surface area contributed by atoms with Crippen molar-refractivity contribution in [1.29, 1.82) is 0 Å². The zero-order valence-corrected chi connectivity index (χ0v) is 27.8. The predicted molar refractivity (Wildman–Crippen MR) is 184 cm³/mol. The Morgan fingerprint density at radius 3 is 1.70 bits per heavy atom. The van der Waals surface area contributed by atoms with E-state index >= 15 is 0 Å². The number of nitrogens with zero attached hydrogens (tertiary/aromatic N) is 3. The van der Waals surface area contributed by atoms with E-state index in [1.54, 1.807) is 0 Å². The van der Waals surface area contributed by atoms with Crippen molar-refractivity contribution >= 4 is 40.4 Å². The molecule has 5 rings (SSSR count). The molecule has 0 saturated carbocycles. The smallest absolute Gasteiger partial charge is 0.0925 e. The van der Waals surface area contributed by atoms with Crippen molar-refractivity contribution in [2.24, 2.45) is 15.0 Å². The highest BCUT2D eigenvalue weighted by Gasteiger charge is 2.33. The molecular formula is C37H45ClN4O. The van der Waals surface area contributed by atoms with E-state index in [2.05, 4.69) is 72.5 Å². The Morgan fingerprint density at radius 1 is 0.628 bits per heavy atom. The number of fused-ring (bicyclic) bond motifs is 5. The summed E-state index contributed by atoms with van der Waals surface area (Å²) in [5.41, 5.74) is 17.6. The van der Waals surface area contributed by atoms with Gasteiger partial charge in [0.1, 0.15) is 0 Å². The summed E-state index contributed by atoms with van der Waals surface area (Å²) >= 11 is 7.34. The van der Waals surface area contributed by atoms with Crippen LogP contribution in [0.25, 0.3) is 11.6 Å². The van der Waals surface area contributed by atoms with Crippen LogP contribution < -0.4 is 0 Å². The number of H-pyrrole nitrogens is 1. The Morgan fingerprint density at radius 2 is 1.16 bits per heavy atom. The molecule has 6 heteroatoms. The normalized spacial score (nSPS) is 19.6. The Bertz CT molecular complexity index is 1690. The molecule has 0 unspecified atom stereocenters. The lowest BCUT2D eigenvalue weighted by molar-refractivity contribution is 0.476. The van der Waals surface area contributed by atoms with Crippen molar-refractivity contribution in [2.45, 2.75) is 107 Å². The molecule has 5 heterocycles. The number of aliphatic imine (C=N–C) groups is 3. The van der Waals surface area contributed by atoms with E-state index < -0.39 is 0 Å². The SMILES string of the molecule is CCC1=C(CC)C2=NC1=Cc1[nH]c(c(CC)c1CC)/C(=C/O)C1=NC(=CC3=NC(=C2Cl)C(CC)=C3CC)C(CC)=C1CC. The first-order valence-corrected chi connectivity index (χ1v) is 16.6. The molecule has 0 saturated heterocycles. The van der Waals surface area contributed by atoms with Gasteiger partial charge in [0.15, 0.2) is 0 Å². The Balaban J connectivity index is 1.94. The van der Waals surface area contributed by atoms with Gasteiger partial charge in [0, 0.05) is 5.69 Å². The van der Waals surface area contributed by atoms with Crippen LogP contribution in [0.5, 0.6) is 0 Å². The Labute approximate surface area is 262 Å². The molecule has 8 bridgehead atoms. The fourth-order valence-electron chi connectivity index (χ4n) is 7.30. The second kappa shape index (κ2) is 12.7. The third kappa shape index (κ3) is 4.90. The largest absolute Gasteiger partial charge is 0.515 e. The number of halogens is 1. The van der Waals surface area contributed by atoms with Crippen LogP contribution in [0.4, 0.5) is 0 Å². The molecule has 5 nitrogen and oxygen atoms in total. The zero-order valence-electron chi connectivity index (χ0n) is 27.1. The fraction of sp³-hybridized carbons (Fsp3) is 0.432. The van der Waals surface area contributed by atoms with E-state index in [4.69, 9.17) is 26.6 Å². The first-order chi connectivity index (χ1) is 20.8. The number of aromatic amines is 1. The summed E-state index contributed by atoms with van der Waals surface area (Å²) in [5.74, 6) is 0. The number of aliphatic hydroxyl groups excluding tert-OH is 1. The molecule has 43 heavy (non-hydrogen) atoms. The van der Waals surface area contributed by atoms with E-state index in [0.717, 1.165) is 103 Å². The molecule has 0 fully saturated rings. The first kappa shape index (κ1) is 31.0. The lowest BCUT2D eigenvalue weighted by atomic mass is 9.91. The number of nitrogens with one attached hydrogen (secondary N) is 1. The van der Waals surface area contributed by atoms with Gasteiger partial charge in [-0.15, -0.1) is 0 Å². The minimum absolute atomic E-state index is 0.633. The third-order valence-corrected chi connectivity index (χ3v) is 9.64. The van der Waals surface area contributed by atoms with Gasteiger partial charge in [-0.1, -0.05) is 67.0 Å². The highest BCUT2D eigenvalue weighted by atomic mass is 35.5. The van der Waals surface area contributed by atoms with Gasteiger partial charge in [0.25, 0.3) is 0 Å². The fourth-order valence-corrected chi connectivity index (χ4v) is 7.61. The third-order valence-electron chi connectivity index (χ3n) is 9.28. The summed E-state index contributed by atoms with van der Waals surface area (Å²) in [6.45, 7) is 17.5. The molecule has 0 atom stereocenters. The van der Waals surface area contributed by atoms with Gasteiger partial charge in [-0.3, -0.25) is 0 Å². The molecule has 4 aliphatic rings. The van der Waals surface area contributed by atoms with E-state index in [1.165, 1.54) is 50.8 Å². The number of hydrogen-bond donors (Lipinski definition) is 2. The molecule has 0 aliphatic carbocycles. The van der Waals surface area contributed by atoms with E-state index in [1.807, 2.05) is 0 Å². The van der Waals surface area contributed by atoms with Gasteiger partial charge in [0.05, 0.1) is 56.8 Å². The molecule has 0 aromatic carbocycles. The predicted octanol–water partition coefficient (Wildman–Crippen LogP) is 10.4. The summed E-state index contributed by atoms with van der Waals surface area (Å²) in [4.78, 5) is 19.4. The van der Waals surface area contributed by atoms with Gasteiger partial charge < -0.3 is 10.1 Å². The number of rotatable bonds is 8. The summed E-state index contributed by atoms with van der Waals surface area (Å²) in [7, 11) is 0. The first-order valence-electron chi connectivity index (χ1n) is 16.2. The molecule has 2 N–H and O–H groups in total. The summed E-state index contributed by atoms with van der Waals surface area (Å²) in [5, 5.41) is 11.5. The van der Waals surface area contributed by atoms with Crippen LogP contribution in [0, 0.1) is 0 Å². The average Bonchev–Trinajstić information content (AvgIpc) is 3.76. The number of hydrogen-bond acceptors (Lipinski definition) is 4. The maximum absolute atomic E-state index is 10.8. The van der Waals surface area contributed by atoms with Crippen LogP contribution in [-0.2, 0) is 12.8 Å². The molecule has 0 spiro atoms. The molecular weight excluding hydrogens is 552 g/mol. The minimum atomic E-state index is 0.633. The monoisotopic (exact) mass is 596 g/mol. The quantitative estimate of drug-likeness (QED) is 0.288. The summed E-state index contributed by atoms with van der Waals surface area (Å²) in [6.07, 6.45) is 12.3. The van der Waals surface area contributed by atoms with Gasteiger partial charge in [-0.2, -0.15) is 0 Å². The number of aromatic nitrogens is 1. The van der Waals surface area contributed by atoms with E-state index in [-0.39, 0.29) is 0 Å². The van der Waals surface area contributed by atoms with Crippen LogP contribution in [0.15, 0.2) is 82.9 Å². The highest BCUT2D eigenvalue weighted by Crippen LogP contribution is 2.43. The molecule has 0 radical (unpaired) electrons. The number of allylic oxidation sites excluding steroid dienone is 9. The molecule has 226 valence electrons. The van der Waals surface area contributed by atoms with Crippen LogP contribution in [0.2, 0.25) is 0 Å². The van der Waals surface area contributed by atoms with Crippen LogP contribution in [-0.4, -0.2) is 27.2 Å². The second-order valence-electron chi connectivity index (χ2n) is 11.3. The zero-order chi connectivity index (χ0) is 31.0. The van der Waals surface area contributed by atoms with Crippen LogP contribution >= 0.6 is 11.6 Å². The molecule has 1 aromatic heterocycles. The van der Waals surface area contributed by atoms with Gasteiger partial charge in [-0.25, -0.2) is 15.0 Å². The second-order valence-corrected chi connectivity index (χ2v) is 11.6. The van der Waals surface area contributed by atoms with Crippen LogP contribution in [0.1, 0.15) is 116 Å². The number of aliphatic hydroxyl groups is 1. The topological polar surface area (TPSA) is 73.1 Å². The highest BCUT2D eigenvalue weighted by molar-refractivity contribution is 6.48. The Kier molecular flexibility index (Phi) is 9.12. The maximum atomic E-state index is 10.8. The standard InChI is InChI=1S/C37H45ClN4O/c1-9-20-24(13-5)34-28(19-43)35-25(14-6)21(10-2)30(40-35)18-32-23(12-4)27(16-8)37(42-32)33(38)36-26(15-7)22(11-3)31(41-36)17-29(20)39-34/h17-19,39,43H,9-16H2,1-8H3/b28-19-,30-18?,31-17?,37-33?. The van der Waals surface area contributed by atoms with Crippen molar-refractivity contribution in [2.75, 3.05) is 0 Å². The van der Waals surface area contributed by atoms with Crippen molar-refractivity contribution in [1.82, 2.24) is 4.98 Å². The van der Waals surface area contributed by atoms with E-state index in [9.17, 15) is 5.11 Å². The van der Waals surface area contributed by atoms with Gasteiger partial charge >= 0.3 is 0 Å².